The van der Waals surface area contributed by atoms with Gasteiger partial charge in [-0.05, 0) is 35.7 Å². The Bertz CT molecular complexity index is 310. The van der Waals surface area contributed by atoms with E-state index in [0.717, 1.165) is 0 Å². The monoisotopic (exact) mass is 188 g/mol. The van der Waals surface area contributed by atoms with Crippen LogP contribution in [0.5, 0.6) is 5.75 Å². The Balaban J connectivity index is 0.00000144. The van der Waals surface area contributed by atoms with Crippen molar-refractivity contribution in [3.8, 4) is 5.75 Å². The molecule has 1 rings (SSSR count). The maximum absolute atomic E-state index is 10.4. The van der Waals surface area contributed by atoms with Crippen molar-refractivity contribution in [3.63, 3.8) is 0 Å². The van der Waals surface area contributed by atoms with Gasteiger partial charge in [0.2, 0.25) is 0 Å². The number of rotatable bonds is 2. The van der Waals surface area contributed by atoms with Crippen LogP contribution in [0.3, 0.4) is 0 Å². The fourth-order valence-corrected chi connectivity index (χ4v) is 0.996. The molecule has 0 saturated heterocycles. The fourth-order valence-electron chi connectivity index (χ4n) is 0.996. The van der Waals surface area contributed by atoms with E-state index in [1.165, 1.54) is 18.2 Å². The third-order valence-corrected chi connectivity index (χ3v) is 1.70. The smallest absolute Gasteiger partial charge is 0.545 e. The van der Waals surface area contributed by atoms with Crippen LogP contribution in [0.2, 0.25) is 0 Å². The zero-order valence-corrected chi connectivity index (χ0v) is 9.70. The number of aryl methyl sites for hydroxylation is 1. The summed E-state index contributed by atoms with van der Waals surface area (Å²) in [6, 6.07) is 4.11. The molecular weight excluding hydrogens is 179 g/mol. The topological polar surface area (TPSA) is 60.4 Å². The van der Waals surface area contributed by atoms with Crippen LogP contribution in [0.25, 0.3) is 0 Å². The summed E-state index contributed by atoms with van der Waals surface area (Å²) in [4.78, 5) is 10.4. The summed E-state index contributed by atoms with van der Waals surface area (Å²) in [7, 11) is 0. The molecule has 3 nitrogen and oxygen atoms in total. The maximum atomic E-state index is 10.4. The van der Waals surface area contributed by atoms with Gasteiger partial charge < -0.3 is 15.0 Å². The normalized spacial score (nSPS) is 9.00. The van der Waals surface area contributed by atoms with E-state index in [-0.39, 0.29) is 40.9 Å². The van der Waals surface area contributed by atoms with Crippen molar-refractivity contribution in [2.75, 3.05) is 0 Å². The van der Waals surface area contributed by atoms with Gasteiger partial charge in [0.1, 0.15) is 5.75 Å². The Kier molecular flexibility index (Phi) is 5.06. The van der Waals surface area contributed by atoms with Gasteiger partial charge in [-0.1, -0.05) is 6.92 Å². The van der Waals surface area contributed by atoms with E-state index in [2.05, 4.69) is 0 Å². The third-order valence-electron chi connectivity index (χ3n) is 1.70. The van der Waals surface area contributed by atoms with E-state index in [1.807, 2.05) is 6.92 Å². The number of carbonyl (C=O) groups is 1. The van der Waals surface area contributed by atoms with Crippen LogP contribution >= 0.6 is 0 Å². The SMILES string of the molecule is CCc1cc(C(=O)[O-])ccc1O.[Na+]. The molecule has 64 valence electrons. The first-order chi connectivity index (χ1) is 5.65. The summed E-state index contributed by atoms with van der Waals surface area (Å²) < 4.78 is 0. The summed E-state index contributed by atoms with van der Waals surface area (Å²) >= 11 is 0. The quantitative estimate of drug-likeness (QED) is 0.515. The zero-order chi connectivity index (χ0) is 9.14. The minimum Gasteiger partial charge on any atom is -0.545 e. The molecule has 13 heavy (non-hydrogen) atoms. The number of hydrogen-bond donors (Lipinski definition) is 1. The number of aromatic carboxylic acids is 1. The minimum absolute atomic E-state index is 0. The summed E-state index contributed by atoms with van der Waals surface area (Å²) in [6.45, 7) is 1.84. The number of phenolic OH excluding ortho intramolecular Hbond substituents is 1. The van der Waals surface area contributed by atoms with Gasteiger partial charge in [-0.2, -0.15) is 0 Å². The zero-order valence-electron chi connectivity index (χ0n) is 7.70. The van der Waals surface area contributed by atoms with Crippen molar-refractivity contribution in [1.82, 2.24) is 0 Å². The van der Waals surface area contributed by atoms with Crippen LogP contribution in [-0.4, -0.2) is 11.1 Å². The molecule has 0 saturated carbocycles. The molecule has 0 bridgehead atoms. The number of carbonyl (C=O) groups excluding carboxylic acids is 1. The third kappa shape index (κ3) is 3.03. The van der Waals surface area contributed by atoms with Crippen molar-refractivity contribution >= 4 is 5.97 Å². The van der Waals surface area contributed by atoms with E-state index in [0.29, 0.717) is 12.0 Å². The van der Waals surface area contributed by atoms with Gasteiger partial charge in [-0.25, -0.2) is 0 Å². The second-order valence-corrected chi connectivity index (χ2v) is 2.48. The van der Waals surface area contributed by atoms with Crippen molar-refractivity contribution in [3.05, 3.63) is 29.3 Å². The average Bonchev–Trinajstić information content (AvgIpc) is 2.05. The van der Waals surface area contributed by atoms with Gasteiger partial charge in [-0.3, -0.25) is 0 Å². The Labute approximate surface area is 98.7 Å². The van der Waals surface area contributed by atoms with Crippen LogP contribution in [0.1, 0.15) is 22.8 Å². The van der Waals surface area contributed by atoms with Crippen molar-refractivity contribution < 1.29 is 44.6 Å². The molecule has 0 atom stereocenters. The average molecular weight is 188 g/mol. The number of benzene rings is 1. The molecule has 0 aromatic heterocycles. The predicted octanol–water partition coefficient (Wildman–Crippen LogP) is -2.68. The van der Waals surface area contributed by atoms with Crippen molar-refractivity contribution in [1.29, 1.82) is 0 Å². The van der Waals surface area contributed by atoms with Gasteiger partial charge >= 0.3 is 29.6 Å². The van der Waals surface area contributed by atoms with Gasteiger partial charge in [0.05, 0.1) is 5.97 Å². The van der Waals surface area contributed by atoms with Crippen LogP contribution in [0.4, 0.5) is 0 Å². The van der Waals surface area contributed by atoms with Crippen LogP contribution in [-0.2, 0) is 6.42 Å². The maximum Gasteiger partial charge on any atom is 1.00 e. The Morgan fingerprint density at radius 3 is 2.62 bits per heavy atom. The van der Waals surface area contributed by atoms with Crippen molar-refractivity contribution in [2.24, 2.45) is 0 Å². The summed E-state index contributed by atoms with van der Waals surface area (Å²) in [6.07, 6.45) is 0.604. The van der Waals surface area contributed by atoms with Gasteiger partial charge in [0.25, 0.3) is 0 Å². The minimum atomic E-state index is -1.22. The Morgan fingerprint density at radius 2 is 2.15 bits per heavy atom. The van der Waals surface area contributed by atoms with E-state index >= 15 is 0 Å². The first-order valence-electron chi connectivity index (χ1n) is 3.68. The molecule has 1 N–H and O–H groups in total. The molecule has 1 aromatic rings. The fraction of sp³-hybridized carbons (Fsp3) is 0.222. The van der Waals surface area contributed by atoms with Gasteiger partial charge in [-0.15, -0.1) is 0 Å². The van der Waals surface area contributed by atoms with Crippen LogP contribution < -0.4 is 34.7 Å². The summed E-state index contributed by atoms with van der Waals surface area (Å²) in [5, 5.41) is 19.6. The molecule has 0 aliphatic rings. The number of phenols is 1. The summed E-state index contributed by atoms with van der Waals surface area (Å²) in [5.74, 6) is -1.09. The predicted molar refractivity (Wildman–Crippen MR) is 41.8 cm³/mol. The van der Waals surface area contributed by atoms with Gasteiger partial charge in [0, 0.05) is 0 Å². The molecule has 0 amide bonds. The Hall–Kier alpha value is -0.510. The number of hydrogen-bond acceptors (Lipinski definition) is 3. The second-order valence-electron chi connectivity index (χ2n) is 2.48. The molecule has 0 fully saturated rings. The number of aromatic hydroxyl groups is 1. The van der Waals surface area contributed by atoms with Gasteiger partial charge in [0.15, 0.2) is 0 Å². The van der Waals surface area contributed by atoms with E-state index < -0.39 is 5.97 Å². The number of carboxylic acid groups (broad SMARTS) is 1. The molecular formula is C9H9NaO3. The molecule has 0 aliphatic heterocycles. The molecule has 4 heteroatoms. The standard InChI is InChI=1S/C9H10O3.Na/c1-2-6-5-7(9(11)12)3-4-8(6)10;/h3-5,10H,2H2,1H3,(H,11,12);/q;+1/p-1. The molecule has 0 radical (unpaired) electrons. The second kappa shape index (κ2) is 5.27. The molecule has 0 aliphatic carbocycles. The molecule has 0 heterocycles. The van der Waals surface area contributed by atoms with E-state index in [1.54, 1.807) is 0 Å². The first kappa shape index (κ1) is 12.5. The molecule has 0 spiro atoms. The van der Waals surface area contributed by atoms with Crippen LogP contribution in [0.15, 0.2) is 18.2 Å². The molecule has 0 unspecified atom stereocenters. The van der Waals surface area contributed by atoms with Crippen LogP contribution in [0, 0.1) is 0 Å². The van der Waals surface area contributed by atoms with Crippen molar-refractivity contribution in [2.45, 2.75) is 13.3 Å². The van der Waals surface area contributed by atoms with E-state index in [9.17, 15) is 15.0 Å². The number of carboxylic acids is 1. The molecule has 1 aromatic carbocycles. The van der Waals surface area contributed by atoms with E-state index in [4.69, 9.17) is 0 Å². The first-order valence-corrected chi connectivity index (χ1v) is 3.68. The Morgan fingerprint density at radius 1 is 1.54 bits per heavy atom. The summed E-state index contributed by atoms with van der Waals surface area (Å²) in [5.41, 5.74) is 0.723. The largest absolute Gasteiger partial charge is 1.00 e.